The number of benzene rings is 2. The first-order chi connectivity index (χ1) is 20.1. The monoisotopic (exact) mass is 634 g/mol. The Hall–Kier alpha value is -2.62. The van der Waals surface area contributed by atoms with E-state index in [9.17, 15) is 9.59 Å². The van der Waals surface area contributed by atoms with Crippen LogP contribution in [0.5, 0.6) is 11.5 Å². The number of alkyl halides is 1. The first kappa shape index (κ1) is 34.6. The van der Waals surface area contributed by atoms with Crippen molar-refractivity contribution in [1.29, 1.82) is 0 Å². The van der Waals surface area contributed by atoms with Gasteiger partial charge in [-0.3, -0.25) is 9.59 Å². The standard InChI is InChI=1S/C16H23NO3.C9H11BrO.C7H13NO2/c1-19-16(18)14-8-11-17(12-9-14)10-5-13-20-15-6-3-2-4-7-15;10-7-4-8-11-9-5-2-1-3-6-9;1-10-7(9)6-2-4-8-5-3-6/h2-4,6-7,14H,5,8-13H2,1H3;1-3,5-6H,4,7-8H2;6,8H,2-5H2,1H3. The summed E-state index contributed by atoms with van der Waals surface area (Å²) in [5.41, 5.74) is 0. The van der Waals surface area contributed by atoms with Crippen LogP contribution in [-0.4, -0.2) is 82.3 Å². The summed E-state index contributed by atoms with van der Waals surface area (Å²) in [6, 6.07) is 19.8. The Morgan fingerprint density at radius 1 is 0.756 bits per heavy atom. The number of likely N-dealkylation sites (tertiary alicyclic amines) is 1. The van der Waals surface area contributed by atoms with E-state index in [-0.39, 0.29) is 23.8 Å². The molecule has 228 valence electrons. The first-order valence-electron chi connectivity index (χ1n) is 14.6. The van der Waals surface area contributed by atoms with Crippen molar-refractivity contribution < 1.29 is 28.5 Å². The predicted octanol–water partition coefficient (Wildman–Crippen LogP) is 5.35. The number of esters is 2. The summed E-state index contributed by atoms with van der Waals surface area (Å²) in [5, 5.41) is 4.19. The third-order valence-electron chi connectivity index (χ3n) is 6.92. The highest BCUT2D eigenvalue weighted by Gasteiger charge is 2.25. The van der Waals surface area contributed by atoms with Crippen LogP contribution in [-0.2, 0) is 19.1 Å². The van der Waals surface area contributed by atoms with E-state index in [2.05, 4.69) is 30.9 Å². The maximum absolute atomic E-state index is 11.4. The predicted molar refractivity (Wildman–Crippen MR) is 166 cm³/mol. The number of halogens is 1. The molecule has 2 aliphatic rings. The Morgan fingerprint density at radius 2 is 1.22 bits per heavy atom. The highest BCUT2D eigenvalue weighted by Crippen LogP contribution is 2.18. The fraction of sp³-hybridized carbons (Fsp3) is 0.562. The molecule has 0 atom stereocenters. The molecule has 0 aliphatic carbocycles. The van der Waals surface area contributed by atoms with E-state index >= 15 is 0 Å². The number of rotatable bonds is 11. The number of methoxy groups -OCH3 is 2. The van der Waals surface area contributed by atoms with Crippen molar-refractivity contribution in [2.75, 3.05) is 65.5 Å². The van der Waals surface area contributed by atoms with Gasteiger partial charge in [0.1, 0.15) is 11.5 Å². The molecule has 0 unspecified atom stereocenters. The lowest BCUT2D eigenvalue weighted by Gasteiger charge is -2.30. The molecule has 2 heterocycles. The molecule has 2 aliphatic heterocycles. The quantitative estimate of drug-likeness (QED) is 0.201. The topological polar surface area (TPSA) is 86.3 Å². The second-order valence-electron chi connectivity index (χ2n) is 9.91. The van der Waals surface area contributed by atoms with Crippen LogP contribution in [0.1, 0.15) is 38.5 Å². The van der Waals surface area contributed by atoms with Crippen LogP contribution in [0.2, 0.25) is 0 Å². The van der Waals surface area contributed by atoms with Gasteiger partial charge in [-0.25, -0.2) is 0 Å². The van der Waals surface area contributed by atoms with Gasteiger partial charge in [0, 0.05) is 11.9 Å². The van der Waals surface area contributed by atoms with E-state index in [1.54, 1.807) is 0 Å². The molecule has 2 aromatic rings. The molecule has 0 amide bonds. The number of piperidine rings is 2. The minimum atomic E-state index is -0.0583. The molecule has 8 nitrogen and oxygen atoms in total. The molecule has 0 aromatic heterocycles. The van der Waals surface area contributed by atoms with Crippen molar-refractivity contribution in [3.8, 4) is 11.5 Å². The Kier molecular flexibility index (Phi) is 18.6. The number of ether oxygens (including phenoxy) is 4. The van der Waals surface area contributed by atoms with Crippen LogP contribution in [0.3, 0.4) is 0 Å². The van der Waals surface area contributed by atoms with Gasteiger partial charge in [0.15, 0.2) is 0 Å². The number of hydrogen-bond acceptors (Lipinski definition) is 8. The van der Waals surface area contributed by atoms with E-state index in [0.29, 0.717) is 0 Å². The van der Waals surface area contributed by atoms with Crippen molar-refractivity contribution in [2.24, 2.45) is 11.8 Å². The lowest BCUT2D eigenvalue weighted by Crippen LogP contribution is -2.37. The van der Waals surface area contributed by atoms with Crippen LogP contribution >= 0.6 is 15.9 Å². The van der Waals surface area contributed by atoms with Gasteiger partial charge >= 0.3 is 11.9 Å². The smallest absolute Gasteiger partial charge is 0.308 e. The van der Waals surface area contributed by atoms with Crippen molar-refractivity contribution in [3.05, 3.63) is 60.7 Å². The van der Waals surface area contributed by atoms with Crippen molar-refractivity contribution in [1.82, 2.24) is 10.2 Å². The van der Waals surface area contributed by atoms with Crippen LogP contribution in [0.15, 0.2) is 60.7 Å². The highest BCUT2D eigenvalue weighted by atomic mass is 79.9. The molecule has 4 rings (SSSR count). The third-order valence-corrected chi connectivity index (χ3v) is 7.48. The molecule has 9 heteroatoms. The van der Waals surface area contributed by atoms with E-state index < -0.39 is 0 Å². The molecule has 1 N–H and O–H groups in total. The fourth-order valence-corrected chi connectivity index (χ4v) is 4.77. The number of nitrogens with zero attached hydrogens (tertiary/aromatic N) is 1. The summed E-state index contributed by atoms with van der Waals surface area (Å²) in [5.74, 6) is 2.01. The molecule has 2 saturated heterocycles. The van der Waals surface area contributed by atoms with Crippen molar-refractivity contribution in [3.63, 3.8) is 0 Å². The van der Waals surface area contributed by atoms with Crippen LogP contribution in [0.4, 0.5) is 0 Å². The summed E-state index contributed by atoms with van der Waals surface area (Å²) in [4.78, 5) is 24.7. The van der Waals surface area contributed by atoms with Gasteiger partial charge < -0.3 is 29.2 Å². The zero-order chi connectivity index (χ0) is 29.5. The number of para-hydroxylation sites is 2. The highest BCUT2D eigenvalue weighted by molar-refractivity contribution is 9.09. The fourth-order valence-electron chi connectivity index (χ4n) is 4.54. The number of carbonyl (C=O) groups is 2. The van der Waals surface area contributed by atoms with Crippen LogP contribution < -0.4 is 14.8 Å². The molecule has 41 heavy (non-hydrogen) atoms. The normalized spacial score (nSPS) is 15.8. The zero-order valence-electron chi connectivity index (χ0n) is 24.6. The number of hydrogen-bond donors (Lipinski definition) is 1. The summed E-state index contributed by atoms with van der Waals surface area (Å²) in [6.45, 7) is 6.40. The number of nitrogens with one attached hydrogen (secondary N) is 1. The first-order valence-corrected chi connectivity index (χ1v) is 15.7. The number of carbonyl (C=O) groups excluding carboxylic acids is 2. The lowest BCUT2D eigenvalue weighted by molar-refractivity contribution is -0.147. The van der Waals surface area contributed by atoms with Crippen molar-refractivity contribution >= 4 is 27.9 Å². The van der Waals surface area contributed by atoms with Gasteiger partial charge in [-0.15, -0.1) is 0 Å². The van der Waals surface area contributed by atoms with Gasteiger partial charge in [-0.1, -0.05) is 52.3 Å². The van der Waals surface area contributed by atoms with Crippen LogP contribution in [0.25, 0.3) is 0 Å². The maximum Gasteiger partial charge on any atom is 0.308 e. The summed E-state index contributed by atoms with van der Waals surface area (Å²) < 4.78 is 20.5. The lowest BCUT2D eigenvalue weighted by atomic mass is 9.97. The zero-order valence-corrected chi connectivity index (χ0v) is 26.2. The third kappa shape index (κ3) is 15.3. The second-order valence-corrected chi connectivity index (χ2v) is 10.7. The average Bonchev–Trinajstić information content (AvgIpc) is 3.05. The molecule has 0 spiro atoms. The van der Waals surface area contributed by atoms with Crippen molar-refractivity contribution in [2.45, 2.75) is 38.5 Å². The molecule has 0 bridgehead atoms. The Bertz CT molecular complexity index is 936. The molecule has 0 saturated carbocycles. The van der Waals surface area contributed by atoms with Gasteiger partial charge in [0.2, 0.25) is 0 Å². The van der Waals surface area contributed by atoms with E-state index in [1.807, 2.05) is 60.7 Å². The minimum Gasteiger partial charge on any atom is -0.494 e. The van der Waals surface area contributed by atoms with Gasteiger partial charge in [0.05, 0.1) is 39.3 Å². The molecule has 0 radical (unpaired) electrons. The van der Waals surface area contributed by atoms with Crippen LogP contribution in [0, 0.1) is 11.8 Å². The Balaban J connectivity index is 0.000000236. The Morgan fingerprint density at radius 3 is 1.68 bits per heavy atom. The van der Waals surface area contributed by atoms with E-state index in [0.717, 1.165) is 101 Å². The molecule has 2 fully saturated rings. The molecule has 2 aromatic carbocycles. The van der Waals surface area contributed by atoms with Gasteiger partial charge in [-0.05, 0) is 89.0 Å². The average molecular weight is 636 g/mol. The summed E-state index contributed by atoms with van der Waals surface area (Å²) >= 11 is 3.34. The molecular weight excluding hydrogens is 588 g/mol. The Labute approximate surface area is 254 Å². The second kappa shape index (κ2) is 22.0. The van der Waals surface area contributed by atoms with Gasteiger partial charge in [0.25, 0.3) is 0 Å². The summed E-state index contributed by atoms with van der Waals surface area (Å²) in [7, 11) is 2.92. The molecular formula is C32H47BrN2O6. The van der Waals surface area contributed by atoms with Gasteiger partial charge in [-0.2, -0.15) is 0 Å². The van der Waals surface area contributed by atoms with E-state index in [1.165, 1.54) is 14.2 Å². The SMILES string of the molecule is BrCCCOc1ccccc1.COC(=O)C1CCN(CCCOc2ccccc2)CC1.COC(=O)C1CCNCC1. The largest absolute Gasteiger partial charge is 0.494 e. The minimum absolute atomic E-state index is 0.0542. The summed E-state index contributed by atoms with van der Waals surface area (Å²) in [6.07, 6.45) is 5.73. The maximum atomic E-state index is 11.4. The van der Waals surface area contributed by atoms with E-state index in [4.69, 9.17) is 14.2 Å².